The number of quaternary nitrogens is 1. The molecule has 2 aliphatic rings. The zero-order valence-corrected chi connectivity index (χ0v) is 11.3. The monoisotopic (exact) mass is 374 g/mol. The van der Waals surface area contributed by atoms with Crippen molar-refractivity contribution in [3.05, 3.63) is 21.5 Å². The smallest absolute Gasteiger partial charge is 0.254 e. The Kier molecular flexibility index (Phi) is 2.70. The van der Waals surface area contributed by atoms with E-state index in [4.69, 9.17) is 11.6 Å². The molecule has 1 unspecified atom stereocenters. The van der Waals surface area contributed by atoms with Crippen molar-refractivity contribution in [2.45, 2.75) is 6.92 Å². The van der Waals surface area contributed by atoms with Crippen LogP contribution in [-0.4, -0.2) is 15.6 Å². The quantitative estimate of drug-likeness (QED) is 0.387. The van der Waals surface area contributed by atoms with E-state index >= 15 is 0 Å². The highest BCUT2D eigenvalue weighted by Gasteiger charge is 2.35. The summed E-state index contributed by atoms with van der Waals surface area (Å²) >= 11 is 11.8. The van der Waals surface area contributed by atoms with Gasteiger partial charge in [-0.3, -0.25) is 3.11 Å². The van der Waals surface area contributed by atoms with Gasteiger partial charge in [-0.2, -0.15) is 4.99 Å². The lowest BCUT2D eigenvalue weighted by atomic mass is 10.4. The van der Waals surface area contributed by atoms with Crippen LogP contribution < -0.4 is 4.90 Å². The van der Waals surface area contributed by atoms with Crippen LogP contribution in [0.4, 0.5) is 0 Å². The second-order valence-electron chi connectivity index (χ2n) is 2.87. The van der Waals surface area contributed by atoms with E-state index in [2.05, 4.69) is 43.8 Å². The topological polar surface area (TPSA) is 20.0 Å². The summed E-state index contributed by atoms with van der Waals surface area (Å²) in [4.78, 5) is 5.57. The molecular formula is C7H7BrClIN3+. The van der Waals surface area contributed by atoms with Crippen LogP contribution in [0.15, 0.2) is 26.5 Å². The zero-order valence-electron chi connectivity index (χ0n) is 6.81. The van der Waals surface area contributed by atoms with Gasteiger partial charge in [-0.25, -0.2) is 4.90 Å². The van der Waals surface area contributed by atoms with Crippen molar-refractivity contribution in [3.8, 4) is 0 Å². The lowest BCUT2D eigenvalue weighted by Crippen LogP contribution is -3.13. The molecule has 13 heavy (non-hydrogen) atoms. The number of nitrogens with one attached hydrogen (secondary N) is 1. The molecular weight excluding hydrogens is 368 g/mol. The van der Waals surface area contributed by atoms with Crippen LogP contribution in [0.2, 0.25) is 0 Å². The largest absolute Gasteiger partial charge is 0.270 e. The van der Waals surface area contributed by atoms with E-state index in [1.54, 1.807) is 0 Å². The fraction of sp³-hybridized carbons (Fsp3) is 0.286. The van der Waals surface area contributed by atoms with Crippen molar-refractivity contribution >= 4 is 56.2 Å². The van der Waals surface area contributed by atoms with Crippen LogP contribution in [0, 0.1) is 0 Å². The molecule has 2 rings (SSSR count). The number of allylic oxidation sites excluding steroid dienone is 1. The van der Waals surface area contributed by atoms with E-state index < -0.39 is 0 Å². The summed E-state index contributed by atoms with van der Waals surface area (Å²) in [6.07, 6.45) is 1.89. The minimum atomic E-state index is 0.712. The van der Waals surface area contributed by atoms with E-state index in [1.165, 1.54) is 4.90 Å². The number of aliphatic imine (C=N–C) groups is 1. The maximum Gasteiger partial charge on any atom is 0.254 e. The third-order valence-corrected chi connectivity index (χ3v) is 3.89. The summed E-state index contributed by atoms with van der Waals surface area (Å²) in [5.41, 5.74) is 1.00. The summed E-state index contributed by atoms with van der Waals surface area (Å²) in [5, 5.41) is 0.712. The van der Waals surface area contributed by atoms with Gasteiger partial charge in [-0.1, -0.05) is 11.6 Å². The summed E-state index contributed by atoms with van der Waals surface area (Å²) in [5.74, 6) is 0.916. The number of hydrogen-bond acceptors (Lipinski definition) is 2. The number of rotatable bonds is 0. The Bertz CT molecular complexity index is 350. The summed E-state index contributed by atoms with van der Waals surface area (Å²) < 4.78 is 3.10. The summed E-state index contributed by atoms with van der Waals surface area (Å²) in [6.45, 7) is 2.83. The number of fused-ring (bicyclic) bond motifs is 1. The van der Waals surface area contributed by atoms with Gasteiger partial charge in [0.1, 0.15) is 10.7 Å². The minimum absolute atomic E-state index is 0.712. The van der Waals surface area contributed by atoms with Crippen LogP contribution in [0.25, 0.3) is 0 Å². The van der Waals surface area contributed by atoms with E-state index in [9.17, 15) is 0 Å². The fourth-order valence-electron chi connectivity index (χ4n) is 1.33. The Morgan fingerprint density at radius 1 is 1.77 bits per heavy atom. The molecule has 0 fully saturated rings. The average molecular weight is 375 g/mol. The van der Waals surface area contributed by atoms with Gasteiger partial charge in [0.05, 0.1) is 22.9 Å². The van der Waals surface area contributed by atoms with Gasteiger partial charge in [-0.15, -0.1) is 0 Å². The van der Waals surface area contributed by atoms with Crippen molar-refractivity contribution in [1.82, 2.24) is 3.11 Å². The Morgan fingerprint density at radius 3 is 3.15 bits per heavy atom. The molecule has 2 heterocycles. The van der Waals surface area contributed by atoms with Crippen LogP contribution in [0.1, 0.15) is 6.92 Å². The number of hydrogen-bond donors (Lipinski definition) is 1. The average Bonchev–Trinajstić information content (AvgIpc) is 2.32. The van der Waals surface area contributed by atoms with E-state index in [1.807, 2.05) is 16.2 Å². The molecule has 6 heteroatoms. The zero-order chi connectivity index (χ0) is 9.59. The standard InChI is InChI=1S/C7H6BrClIN3/c1-4-6(8)13-3-12(10)2-5(9)7(13)11-4/h2H,3H2,1H3/p+1. The van der Waals surface area contributed by atoms with E-state index in [0.29, 0.717) is 5.03 Å². The third kappa shape index (κ3) is 1.67. The molecule has 0 amide bonds. The third-order valence-electron chi connectivity index (χ3n) is 1.94. The molecule has 70 valence electrons. The first kappa shape index (κ1) is 9.95. The van der Waals surface area contributed by atoms with E-state index in [-0.39, 0.29) is 0 Å². The fourth-order valence-corrected chi connectivity index (χ4v) is 2.79. The minimum Gasteiger partial charge on any atom is -0.270 e. The molecule has 3 nitrogen and oxygen atoms in total. The molecule has 0 aromatic carbocycles. The van der Waals surface area contributed by atoms with Crippen molar-refractivity contribution in [2.75, 3.05) is 6.67 Å². The second-order valence-corrected chi connectivity index (χ2v) is 5.31. The number of amidine groups is 1. The number of nitrogens with zero attached hydrogens (tertiary/aromatic N) is 2. The molecule has 1 atom stereocenters. The second kappa shape index (κ2) is 3.52. The van der Waals surface area contributed by atoms with Crippen LogP contribution in [-0.2, 0) is 0 Å². The maximum absolute atomic E-state index is 6.06. The van der Waals surface area contributed by atoms with Crippen molar-refractivity contribution in [1.29, 1.82) is 0 Å². The highest BCUT2D eigenvalue weighted by Crippen LogP contribution is 2.19. The SMILES string of the molecule is CC1=C(Br)[NH+]2CN(I)C=C(Cl)C2=N1. The molecule has 0 saturated heterocycles. The van der Waals surface area contributed by atoms with Gasteiger partial charge < -0.3 is 0 Å². The Labute approximate surface area is 104 Å². The van der Waals surface area contributed by atoms with Gasteiger partial charge in [0.25, 0.3) is 5.84 Å². The van der Waals surface area contributed by atoms with Crippen molar-refractivity contribution in [2.24, 2.45) is 4.99 Å². The first-order valence-corrected chi connectivity index (χ1v) is 5.85. The highest BCUT2D eigenvalue weighted by atomic mass is 127. The normalized spacial score (nSPS) is 27.4. The molecule has 0 bridgehead atoms. The molecule has 1 N–H and O–H groups in total. The van der Waals surface area contributed by atoms with Gasteiger partial charge in [-0.05, 0) is 6.92 Å². The molecule has 0 saturated carbocycles. The molecule has 0 aromatic heterocycles. The van der Waals surface area contributed by atoms with Crippen LogP contribution >= 0.6 is 50.4 Å². The first-order chi connectivity index (χ1) is 6.09. The predicted molar refractivity (Wildman–Crippen MR) is 64.7 cm³/mol. The molecule has 0 spiro atoms. The van der Waals surface area contributed by atoms with Crippen LogP contribution in [0.3, 0.4) is 0 Å². The maximum atomic E-state index is 6.06. The van der Waals surface area contributed by atoms with Gasteiger partial charge >= 0.3 is 0 Å². The first-order valence-electron chi connectivity index (χ1n) is 3.71. The lowest BCUT2D eigenvalue weighted by molar-refractivity contribution is -0.758. The van der Waals surface area contributed by atoms with Crippen molar-refractivity contribution < 1.29 is 4.90 Å². The van der Waals surface area contributed by atoms with Crippen LogP contribution in [0.5, 0.6) is 0 Å². The summed E-state index contributed by atoms with van der Waals surface area (Å²) in [7, 11) is 0. The highest BCUT2D eigenvalue weighted by molar-refractivity contribution is 14.1. The lowest BCUT2D eigenvalue weighted by Gasteiger charge is -2.23. The molecule has 0 radical (unpaired) electrons. The van der Waals surface area contributed by atoms with Crippen molar-refractivity contribution in [3.63, 3.8) is 0 Å². The Balaban J connectivity index is 2.41. The molecule has 0 aromatic rings. The van der Waals surface area contributed by atoms with Gasteiger partial charge in [0.2, 0.25) is 4.61 Å². The van der Waals surface area contributed by atoms with Gasteiger partial charge in [0.15, 0.2) is 6.67 Å². The summed E-state index contributed by atoms with van der Waals surface area (Å²) in [6, 6.07) is 0. The molecule has 0 aliphatic carbocycles. The Morgan fingerprint density at radius 2 is 2.46 bits per heavy atom. The van der Waals surface area contributed by atoms with Gasteiger partial charge in [0, 0.05) is 22.1 Å². The molecule has 2 aliphatic heterocycles. The number of halogens is 3. The predicted octanol–water partition coefficient (Wildman–Crippen LogP) is 1.57. The Hall–Kier alpha value is 0.410. The van der Waals surface area contributed by atoms with E-state index in [0.717, 1.165) is 22.8 Å².